The van der Waals surface area contributed by atoms with E-state index in [9.17, 15) is 0 Å². The first-order valence-electron chi connectivity index (χ1n) is 9.02. The molecule has 1 atom stereocenters. The molecule has 0 amide bonds. The molecule has 4 rings (SSSR count). The first kappa shape index (κ1) is 17.3. The summed E-state index contributed by atoms with van der Waals surface area (Å²) in [4.78, 5) is 0. The molecule has 0 fully saturated rings. The maximum Gasteiger partial charge on any atom is 0.0516 e. The topological polar surface area (TPSA) is 0 Å². The van der Waals surface area contributed by atoms with Gasteiger partial charge in [-0.05, 0) is 63.8 Å². The second-order valence-corrected chi connectivity index (χ2v) is 7.95. The number of rotatable bonds is 4. The van der Waals surface area contributed by atoms with Crippen molar-refractivity contribution in [1.82, 2.24) is 0 Å². The first-order chi connectivity index (χ1) is 12.8. The quantitative estimate of drug-likeness (QED) is 0.306. The van der Waals surface area contributed by atoms with E-state index in [2.05, 4.69) is 132 Å². The number of hydrogen-bond acceptors (Lipinski definition) is 0. The number of allylic oxidation sites excluding steroid dienone is 4. The molecule has 1 unspecified atom stereocenters. The Morgan fingerprint density at radius 2 is 1.19 bits per heavy atom. The molecule has 0 aliphatic heterocycles. The van der Waals surface area contributed by atoms with Crippen LogP contribution in [0.4, 0.5) is 0 Å². The summed E-state index contributed by atoms with van der Waals surface area (Å²) in [5, 5.41) is 0. The van der Waals surface area contributed by atoms with Crippen LogP contribution in [0.3, 0.4) is 0 Å². The SMILES string of the molecule is Ic1ccc(C(c2ccccc2)(c2ccccc2)C2C=CC=CC2)cc1. The Kier molecular flexibility index (Phi) is 5.07. The minimum atomic E-state index is -0.200. The van der Waals surface area contributed by atoms with Crippen molar-refractivity contribution in [1.29, 1.82) is 0 Å². The molecular formula is C25H21I. The first-order valence-corrected chi connectivity index (χ1v) is 10.1. The van der Waals surface area contributed by atoms with Gasteiger partial charge in [0.15, 0.2) is 0 Å². The zero-order valence-electron chi connectivity index (χ0n) is 14.6. The van der Waals surface area contributed by atoms with Crippen LogP contribution in [-0.2, 0) is 5.41 Å². The predicted octanol–water partition coefficient (Wildman–Crippen LogP) is 6.76. The fraction of sp³-hybridized carbons (Fsp3) is 0.120. The standard InChI is InChI=1S/C25H21I/c26-24-18-16-23(17-19-24)25(20-10-4-1-5-11-20,21-12-6-2-7-13-21)22-14-8-3-9-15-22/h1-14,16-19,22H,15H2. The summed E-state index contributed by atoms with van der Waals surface area (Å²) < 4.78 is 1.26. The molecule has 1 heteroatoms. The van der Waals surface area contributed by atoms with Gasteiger partial charge in [0.05, 0.1) is 5.41 Å². The average molecular weight is 448 g/mol. The van der Waals surface area contributed by atoms with Crippen LogP contribution in [0.15, 0.2) is 109 Å². The van der Waals surface area contributed by atoms with Crippen LogP contribution in [0.5, 0.6) is 0 Å². The van der Waals surface area contributed by atoms with Crippen molar-refractivity contribution in [2.45, 2.75) is 11.8 Å². The molecule has 3 aromatic carbocycles. The summed E-state index contributed by atoms with van der Waals surface area (Å²) in [6.07, 6.45) is 10.1. The largest absolute Gasteiger partial charge is 0.0839 e. The van der Waals surface area contributed by atoms with Crippen molar-refractivity contribution >= 4 is 22.6 Å². The zero-order valence-corrected chi connectivity index (χ0v) is 16.7. The Bertz CT molecular complexity index is 866. The molecule has 0 saturated carbocycles. The molecule has 128 valence electrons. The summed E-state index contributed by atoms with van der Waals surface area (Å²) in [6.45, 7) is 0. The van der Waals surface area contributed by atoms with E-state index in [4.69, 9.17) is 0 Å². The van der Waals surface area contributed by atoms with Gasteiger partial charge in [-0.2, -0.15) is 0 Å². The Balaban J connectivity index is 2.04. The molecule has 0 heterocycles. The summed E-state index contributed by atoms with van der Waals surface area (Å²) in [5.74, 6) is 0.373. The molecule has 0 aromatic heterocycles. The molecule has 0 saturated heterocycles. The van der Waals surface area contributed by atoms with Crippen LogP contribution >= 0.6 is 22.6 Å². The third kappa shape index (κ3) is 3.05. The van der Waals surface area contributed by atoms with Gasteiger partial charge in [0.2, 0.25) is 0 Å². The highest BCUT2D eigenvalue weighted by molar-refractivity contribution is 14.1. The van der Waals surface area contributed by atoms with E-state index < -0.39 is 0 Å². The lowest BCUT2D eigenvalue weighted by Gasteiger charge is -2.42. The normalized spacial score (nSPS) is 16.6. The molecule has 0 N–H and O–H groups in total. The zero-order chi connectivity index (χ0) is 17.8. The van der Waals surface area contributed by atoms with Gasteiger partial charge in [-0.1, -0.05) is 97.1 Å². The highest BCUT2D eigenvalue weighted by Gasteiger charge is 2.42. The van der Waals surface area contributed by atoms with Gasteiger partial charge in [0.25, 0.3) is 0 Å². The Labute approximate surface area is 169 Å². The lowest BCUT2D eigenvalue weighted by atomic mass is 9.60. The summed E-state index contributed by atoms with van der Waals surface area (Å²) in [6, 6.07) is 31.0. The maximum atomic E-state index is 2.38. The van der Waals surface area contributed by atoms with Gasteiger partial charge >= 0.3 is 0 Å². The van der Waals surface area contributed by atoms with Crippen LogP contribution in [-0.4, -0.2) is 0 Å². The fourth-order valence-corrected chi connectivity index (χ4v) is 4.52. The van der Waals surface area contributed by atoms with Crippen molar-refractivity contribution in [3.63, 3.8) is 0 Å². The van der Waals surface area contributed by atoms with Gasteiger partial charge in [-0.3, -0.25) is 0 Å². The predicted molar refractivity (Wildman–Crippen MR) is 118 cm³/mol. The van der Waals surface area contributed by atoms with Crippen LogP contribution in [0, 0.1) is 9.49 Å². The van der Waals surface area contributed by atoms with Gasteiger partial charge < -0.3 is 0 Å². The second kappa shape index (κ2) is 7.63. The van der Waals surface area contributed by atoms with E-state index >= 15 is 0 Å². The van der Waals surface area contributed by atoms with E-state index in [0.717, 1.165) is 6.42 Å². The van der Waals surface area contributed by atoms with E-state index in [0.29, 0.717) is 5.92 Å². The van der Waals surface area contributed by atoms with E-state index in [1.54, 1.807) is 0 Å². The molecular weight excluding hydrogens is 427 g/mol. The minimum Gasteiger partial charge on any atom is -0.0839 e. The van der Waals surface area contributed by atoms with Gasteiger partial charge in [0.1, 0.15) is 0 Å². The third-order valence-electron chi connectivity index (χ3n) is 5.29. The maximum absolute atomic E-state index is 2.38. The van der Waals surface area contributed by atoms with Gasteiger partial charge in [-0.15, -0.1) is 0 Å². The van der Waals surface area contributed by atoms with Crippen molar-refractivity contribution in [3.8, 4) is 0 Å². The third-order valence-corrected chi connectivity index (χ3v) is 6.01. The second-order valence-electron chi connectivity index (χ2n) is 6.70. The van der Waals surface area contributed by atoms with E-state index in [1.165, 1.54) is 20.3 Å². The molecule has 0 spiro atoms. The Morgan fingerprint density at radius 1 is 0.654 bits per heavy atom. The summed E-state index contributed by atoms with van der Waals surface area (Å²) >= 11 is 2.38. The van der Waals surface area contributed by atoms with Crippen molar-refractivity contribution < 1.29 is 0 Å². The highest BCUT2D eigenvalue weighted by atomic mass is 127. The number of benzene rings is 3. The minimum absolute atomic E-state index is 0.200. The number of hydrogen-bond donors (Lipinski definition) is 0. The van der Waals surface area contributed by atoms with Crippen molar-refractivity contribution in [2.75, 3.05) is 0 Å². The van der Waals surface area contributed by atoms with Crippen LogP contribution < -0.4 is 0 Å². The van der Waals surface area contributed by atoms with Crippen LogP contribution in [0.1, 0.15) is 23.1 Å². The van der Waals surface area contributed by atoms with Crippen LogP contribution in [0.2, 0.25) is 0 Å². The Morgan fingerprint density at radius 3 is 1.69 bits per heavy atom. The van der Waals surface area contributed by atoms with E-state index in [1.807, 2.05) is 0 Å². The fourth-order valence-electron chi connectivity index (χ4n) is 4.16. The molecule has 1 aliphatic rings. The monoisotopic (exact) mass is 448 g/mol. The van der Waals surface area contributed by atoms with Gasteiger partial charge in [-0.25, -0.2) is 0 Å². The van der Waals surface area contributed by atoms with Gasteiger partial charge in [0, 0.05) is 3.57 Å². The lowest BCUT2D eigenvalue weighted by Crippen LogP contribution is -2.37. The lowest BCUT2D eigenvalue weighted by molar-refractivity contribution is 0.448. The Hall–Kier alpha value is -2.13. The molecule has 0 radical (unpaired) electrons. The highest BCUT2D eigenvalue weighted by Crippen LogP contribution is 2.48. The van der Waals surface area contributed by atoms with Crippen molar-refractivity contribution in [3.05, 3.63) is 129 Å². The summed E-state index contributed by atoms with van der Waals surface area (Å²) in [5.41, 5.74) is 3.84. The molecule has 26 heavy (non-hydrogen) atoms. The average Bonchev–Trinajstić information content (AvgIpc) is 2.72. The van der Waals surface area contributed by atoms with Crippen molar-refractivity contribution in [2.24, 2.45) is 5.92 Å². The smallest absolute Gasteiger partial charge is 0.0516 e. The molecule has 1 aliphatic carbocycles. The summed E-state index contributed by atoms with van der Waals surface area (Å²) in [7, 11) is 0. The molecule has 0 bridgehead atoms. The van der Waals surface area contributed by atoms with Crippen LogP contribution in [0.25, 0.3) is 0 Å². The molecule has 3 aromatic rings. The number of halogens is 1. The molecule has 0 nitrogen and oxygen atoms in total. The van der Waals surface area contributed by atoms with E-state index in [-0.39, 0.29) is 5.41 Å².